The molecule has 0 bridgehead atoms. The molecule has 0 aliphatic heterocycles. The van der Waals surface area contributed by atoms with Gasteiger partial charge < -0.3 is 9.88 Å². The summed E-state index contributed by atoms with van der Waals surface area (Å²) in [7, 11) is 0. The summed E-state index contributed by atoms with van der Waals surface area (Å²) in [5.41, 5.74) is 2.55. The largest absolute Gasteiger partial charge is 0.335 e. The van der Waals surface area contributed by atoms with Crippen molar-refractivity contribution >= 4 is 0 Å². The van der Waals surface area contributed by atoms with Gasteiger partial charge in [0.05, 0.1) is 0 Å². The molecule has 0 saturated heterocycles. The molecule has 0 aliphatic rings. The molecule has 2 aromatic heterocycles. The maximum Gasteiger partial charge on any atom is 0.110 e. The Bertz CT molecular complexity index is 533. The molecule has 20 heavy (non-hydrogen) atoms. The topological polar surface area (TPSA) is 42.7 Å². The molecular weight excluding hydrogens is 248 g/mol. The summed E-state index contributed by atoms with van der Waals surface area (Å²) in [6.07, 6.45) is 9.77. The minimum absolute atomic E-state index is 0.274. The van der Waals surface area contributed by atoms with Gasteiger partial charge in [0.2, 0.25) is 0 Å². The van der Waals surface area contributed by atoms with Crippen molar-refractivity contribution in [1.82, 2.24) is 19.9 Å². The third-order valence-corrected chi connectivity index (χ3v) is 3.62. The van der Waals surface area contributed by atoms with Crippen molar-refractivity contribution in [2.75, 3.05) is 6.54 Å². The molecule has 4 nitrogen and oxygen atoms in total. The monoisotopic (exact) mass is 272 g/mol. The number of nitrogens with one attached hydrogen (secondary N) is 1. The lowest BCUT2D eigenvalue weighted by molar-refractivity contribution is 0.503. The van der Waals surface area contributed by atoms with Crippen LogP contribution in [0.5, 0.6) is 0 Å². The number of hydrogen-bond acceptors (Lipinski definition) is 3. The number of rotatable bonds is 7. The van der Waals surface area contributed by atoms with Crippen molar-refractivity contribution in [2.45, 2.75) is 46.2 Å². The van der Waals surface area contributed by atoms with Crippen LogP contribution in [0.25, 0.3) is 0 Å². The Balaban J connectivity index is 2.22. The summed E-state index contributed by atoms with van der Waals surface area (Å²) in [5, 5.41) is 3.62. The van der Waals surface area contributed by atoms with Gasteiger partial charge in [-0.25, -0.2) is 4.98 Å². The summed E-state index contributed by atoms with van der Waals surface area (Å²) in [6, 6.07) is 2.35. The van der Waals surface area contributed by atoms with Gasteiger partial charge in [0.25, 0.3) is 0 Å². The van der Waals surface area contributed by atoms with Gasteiger partial charge in [0, 0.05) is 43.8 Å². The van der Waals surface area contributed by atoms with Crippen molar-refractivity contribution in [2.24, 2.45) is 0 Å². The van der Waals surface area contributed by atoms with Gasteiger partial charge in [-0.2, -0.15) is 0 Å². The summed E-state index contributed by atoms with van der Waals surface area (Å²) in [4.78, 5) is 8.77. The van der Waals surface area contributed by atoms with Gasteiger partial charge >= 0.3 is 0 Å². The van der Waals surface area contributed by atoms with Crippen LogP contribution >= 0.6 is 0 Å². The SMILES string of the molecule is CCCNC(Cc1nccn1CC)c1cnccc1C. The Morgan fingerprint density at radius 1 is 1.30 bits per heavy atom. The summed E-state index contributed by atoms with van der Waals surface area (Å²) in [6.45, 7) is 8.44. The van der Waals surface area contributed by atoms with Gasteiger partial charge in [0.15, 0.2) is 0 Å². The first-order chi connectivity index (χ1) is 9.76. The van der Waals surface area contributed by atoms with Gasteiger partial charge in [-0.05, 0) is 44.0 Å². The van der Waals surface area contributed by atoms with E-state index in [0.717, 1.165) is 31.8 Å². The third-order valence-electron chi connectivity index (χ3n) is 3.62. The van der Waals surface area contributed by atoms with E-state index in [4.69, 9.17) is 0 Å². The van der Waals surface area contributed by atoms with Gasteiger partial charge in [0.1, 0.15) is 5.82 Å². The van der Waals surface area contributed by atoms with Crippen LogP contribution in [0.2, 0.25) is 0 Å². The maximum atomic E-state index is 4.49. The molecule has 0 spiro atoms. The van der Waals surface area contributed by atoms with E-state index in [1.54, 1.807) is 0 Å². The Hall–Kier alpha value is -1.68. The van der Waals surface area contributed by atoms with E-state index in [9.17, 15) is 0 Å². The fraction of sp³-hybridized carbons (Fsp3) is 0.500. The summed E-state index contributed by atoms with van der Waals surface area (Å²) >= 11 is 0. The molecule has 4 heteroatoms. The first-order valence-corrected chi connectivity index (χ1v) is 7.40. The molecule has 0 aromatic carbocycles. The first kappa shape index (κ1) is 14.7. The van der Waals surface area contributed by atoms with Crippen LogP contribution in [0.1, 0.15) is 43.3 Å². The maximum absolute atomic E-state index is 4.49. The standard InChI is InChI=1S/C16H24N4/c1-4-7-18-15(14-12-17-8-6-13(14)3)11-16-19-9-10-20(16)5-2/h6,8-10,12,15,18H,4-5,7,11H2,1-3H3. The molecule has 0 saturated carbocycles. The zero-order valence-corrected chi connectivity index (χ0v) is 12.6. The predicted molar refractivity (Wildman–Crippen MR) is 81.6 cm³/mol. The average Bonchev–Trinajstić information content (AvgIpc) is 2.91. The lowest BCUT2D eigenvalue weighted by Crippen LogP contribution is -2.26. The number of imidazole rings is 1. The molecule has 2 aromatic rings. The van der Waals surface area contributed by atoms with E-state index < -0.39 is 0 Å². The fourth-order valence-corrected chi connectivity index (χ4v) is 2.45. The van der Waals surface area contributed by atoms with Gasteiger partial charge in [-0.1, -0.05) is 6.92 Å². The highest BCUT2D eigenvalue weighted by Gasteiger charge is 2.16. The molecule has 0 amide bonds. The number of nitrogens with zero attached hydrogens (tertiary/aromatic N) is 3. The molecule has 108 valence electrons. The van der Waals surface area contributed by atoms with Crippen LogP contribution in [0.3, 0.4) is 0 Å². The van der Waals surface area contributed by atoms with Crippen LogP contribution in [0.4, 0.5) is 0 Å². The average molecular weight is 272 g/mol. The second-order valence-corrected chi connectivity index (χ2v) is 5.07. The molecule has 1 unspecified atom stereocenters. The highest BCUT2D eigenvalue weighted by molar-refractivity contribution is 5.26. The Kier molecular flexibility index (Phi) is 5.30. The molecule has 2 heterocycles. The van der Waals surface area contributed by atoms with E-state index in [2.05, 4.69) is 46.7 Å². The highest BCUT2D eigenvalue weighted by atomic mass is 15.1. The zero-order valence-electron chi connectivity index (χ0n) is 12.6. The van der Waals surface area contributed by atoms with Crippen LogP contribution < -0.4 is 5.32 Å². The van der Waals surface area contributed by atoms with Crippen LogP contribution in [0, 0.1) is 6.92 Å². The Labute approximate surface area is 121 Å². The number of pyridine rings is 1. The predicted octanol–water partition coefficient (Wildman–Crippen LogP) is 2.89. The van der Waals surface area contributed by atoms with Crippen molar-refractivity contribution in [3.05, 3.63) is 47.8 Å². The second kappa shape index (κ2) is 7.20. The van der Waals surface area contributed by atoms with Crippen molar-refractivity contribution in [3.63, 3.8) is 0 Å². The second-order valence-electron chi connectivity index (χ2n) is 5.07. The first-order valence-electron chi connectivity index (χ1n) is 7.40. The van der Waals surface area contributed by atoms with Crippen molar-refractivity contribution < 1.29 is 0 Å². The van der Waals surface area contributed by atoms with Crippen LogP contribution in [0.15, 0.2) is 30.9 Å². The van der Waals surface area contributed by atoms with Gasteiger partial charge in [-0.3, -0.25) is 4.98 Å². The lowest BCUT2D eigenvalue weighted by Gasteiger charge is -2.20. The van der Waals surface area contributed by atoms with E-state index in [0.29, 0.717) is 0 Å². The zero-order chi connectivity index (χ0) is 14.4. The molecule has 0 fully saturated rings. The van der Waals surface area contributed by atoms with Crippen molar-refractivity contribution in [3.8, 4) is 0 Å². The third kappa shape index (κ3) is 3.45. The molecule has 2 rings (SSSR count). The smallest absolute Gasteiger partial charge is 0.110 e. The highest BCUT2D eigenvalue weighted by Crippen LogP contribution is 2.20. The number of aryl methyl sites for hydroxylation is 2. The number of hydrogen-bond donors (Lipinski definition) is 1. The number of aromatic nitrogens is 3. The molecule has 0 radical (unpaired) electrons. The van der Waals surface area contributed by atoms with Crippen LogP contribution in [-0.2, 0) is 13.0 Å². The van der Waals surface area contributed by atoms with E-state index in [-0.39, 0.29) is 6.04 Å². The molecule has 0 aliphatic carbocycles. The van der Waals surface area contributed by atoms with Gasteiger partial charge in [-0.15, -0.1) is 0 Å². The molecule has 1 atom stereocenters. The lowest BCUT2D eigenvalue weighted by atomic mass is 10.0. The van der Waals surface area contributed by atoms with E-state index in [1.165, 1.54) is 11.1 Å². The summed E-state index contributed by atoms with van der Waals surface area (Å²) in [5.74, 6) is 1.13. The van der Waals surface area contributed by atoms with E-state index >= 15 is 0 Å². The Morgan fingerprint density at radius 2 is 2.15 bits per heavy atom. The Morgan fingerprint density at radius 3 is 2.85 bits per heavy atom. The van der Waals surface area contributed by atoms with Crippen LogP contribution in [-0.4, -0.2) is 21.1 Å². The van der Waals surface area contributed by atoms with E-state index in [1.807, 2.05) is 24.8 Å². The summed E-state index contributed by atoms with van der Waals surface area (Å²) < 4.78 is 2.20. The minimum atomic E-state index is 0.274. The normalized spacial score (nSPS) is 12.6. The van der Waals surface area contributed by atoms with Crippen molar-refractivity contribution in [1.29, 1.82) is 0 Å². The molecular formula is C16H24N4. The fourth-order valence-electron chi connectivity index (χ4n) is 2.45. The minimum Gasteiger partial charge on any atom is -0.335 e. The molecule has 1 N–H and O–H groups in total. The quantitative estimate of drug-likeness (QED) is 0.842.